The lowest BCUT2D eigenvalue weighted by molar-refractivity contribution is -0.133. The van der Waals surface area contributed by atoms with Gasteiger partial charge in [-0.1, -0.05) is 25.7 Å². The Hall–Kier alpha value is -0.180. The van der Waals surface area contributed by atoms with Gasteiger partial charge in [0, 0.05) is 18.5 Å². The number of hydrogen-bond acceptors (Lipinski definition) is 2. The Morgan fingerprint density at radius 1 is 1.31 bits per heavy atom. The third-order valence-corrected chi connectivity index (χ3v) is 4.81. The zero-order chi connectivity index (χ0) is 11.6. The third kappa shape index (κ3) is 2.39. The summed E-state index contributed by atoms with van der Waals surface area (Å²) < 4.78 is 0. The van der Waals surface area contributed by atoms with Crippen molar-refractivity contribution in [1.82, 2.24) is 4.90 Å². The zero-order valence-corrected chi connectivity index (χ0v) is 11.1. The second kappa shape index (κ2) is 4.99. The van der Waals surface area contributed by atoms with Gasteiger partial charge >= 0.3 is 0 Å². The molecule has 92 valence electrons. The van der Waals surface area contributed by atoms with Crippen molar-refractivity contribution in [2.45, 2.75) is 57.4 Å². The maximum absolute atomic E-state index is 12.1. The predicted molar refractivity (Wildman–Crippen MR) is 69.8 cm³/mol. The molecule has 0 bridgehead atoms. The first-order valence-electron chi connectivity index (χ1n) is 6.57. The standard InChI is InChI=1S/C13H23NOS/c1-13(6-4-2-3-5-7-13)14-9-11(10-16)8-12(14)15/h11,16H,2-10H2,1H3. The Balaban J connectivity index is 2.07. The fourth-order valence-electron chi connectivity index (χ4n) is 3.19. The Labute approximate surface area is 104 Å². The van der Waals surface area contributed by atoms with Crippen molar-refractivity contribution >= 4 is 18.5 Å². The molecule has 1 atom stereocenters. The molecule has 1 amide bonds. The van der Waals surface area contributed by atoms with Gasteiger partial charge in [-0.05, 0) is 31.4 Å². The van der Waals surface area contributed by atoms with Crippen LogP contribution in [0.3, 0.4) is 0 Å². The second-order valence-electron chi connectivity index (χ2n) is 5.67. The third-order valence-electron chi connectivity index (χ3n) is 4.30. The van der Waals surface area contributed by atoms with Crippen molar-refractivity contribution in [2.24, 2.45) is 5.92 Å². The molecule has 0 radical (unpaired) electrons. The Morgan fingerprint density at radius 2 is 1.94 bits per heavy atom. The van der Waals surface area contributed by atoms with E-state index in [1.807, 2.05) is 0 Å². The van der Waals surface area contributed by atoms with E-state index in [4.69, 9.17) is 0 Å². The molecule has 1 unspecified atom stereocenters. The van der Waals surface area contributed by atoms with Gasteiger partial charge in [0.2, 0.25) is 5.91 Å². The number of likely N-dealkylation sites (tertiary alicyclic amines) is 1. The summed E-state index contributed by atoms with van der Waals surface area (Å²) in [6.07, 6.45) is 8.36. The molecule has 0 aromatic rings. The van der Waals surface area contributed by atoms with E-state index < -0.39 is 0 Å². The molecular formula is C13H23NOS. The van der Waals surface area contributed by atoms with Crippen LogP contribution in [-0.2, 0) is 4.79 Å². The minimum absolute atomic E-state index is 0.144. The van der Waals surface area contributed by atoms with Gasteiger partial charge < -0.3 is 4.90 Å². The van der Waals surface area contributed by atoms with Crippen LogP contribution in [0.5, 0.6) is 0 Å². The minimum Gasteiger partial charge on any atom is -0.337 e. The normalized spacial score (nSPS) is 30.5. The molecule has 0 aromatic heterocycles. The van der Waals surface area contributed by atoms with Gasteiger partial charge in [0.15, 0.2) is 0 Å². The molecule has 2 fully saturated rings. The van der Waals surface area contributed by atoms with Crippen molar-refractivity contribution in [2.75, 3.05) is 12.3 Å². The van der Waals surface area contributed by atoms with E-state index in [9.17, 15) is 4.79 Å². The predicted octanol–water partition coefficient (Wildman–Crippen LogP) is 2.88. The molecule has 2 nitrogen and oxygen atoms in total. The SMILES string of the molecule is CC1(N2CC(CS)CC2=O)CCCCCC1. The molecule has 1 saturated heterocycles. The quantitative estimate of drug-likeness (QED) is 0.582. The molecule has 16 heavy (non-hydrogen) atoms. The van der Waals surface area contributed by atoms with E-state index in [0.29, 0.717) is 11.8 Å². The number of carbonyl (C=O) groups is 1. The summed E-state index contributed by atoms with van der Waals surface area (Å²) >= 11 is 4.33. The van der Waals surface area contributed by atoms with Crippen LogP contribution < -0.4 is 0 Å². The minimum atomic E-state index is 0.144. The van der Waals surface area contributed by atoms with E-state index in [0.717, 1.165) is 18.7 Å². The van der Waals surface area contributed by atoms with Crippen LogP contribution >= 0.6 is 12.6 Å². The van der Waals surface area contributed by atoms with Gasteiger partial charge in [0.1, 0.15) is 0 Å². The number of amides is 1. The van der Waals surface area contributed by atoms with E-state index in [1.54, 1.807) is 0 Å². The monoisotopic (exact) mass is 241 g/mol. The zero-order valence-electron chi connectivity index (χ0n) is 10.2. The van der Waals surface area contributed by atoms with Gasteiger partial charge in [-0.15, -0.1) is 0 Å². The van der Waals surface area contributed by atoms with Gasteiger partial charge in [0.25, 0.3) is 0 Å². The van der Waals surface area contributed by atoms with Gasteiger partial charge in [0.05, 0.1) is 0 Å². The first-order valence-corrected chi connectivity index (χ1v) is 7.20. The molecule has 0 N–H and O–H groups in total. The number of thiol groups is 1. The number of nitrogens with zero attached hydrogens (tertiary/aromatic N) is 1. The van der Waals surface area contributed by atoms with Crippen molar-refractivity contribution in [1.29, 1.82) is 0 Å². The molecule has 1 heterocycles. The summed E-state index contributed by atoms with van der Waals surface area (Å²) in [5, 5.41) is 0. The van der Waals surface area contributed by atoms with Gasteiger partial charge in [-0.25, -0.2) is 0 Å². The van der Waals surface area contributed by atoms with Crippen LogP contribution in [-0.4, -0.2) is 28.6 Å². The fourth-order valence-corrected chi connectivity index (χ4v) is 3.43. The lowest BCUT2D eigenvalue weighted by Crippen LogP contribution is -2.47. The first-order chi connectivity index (χ1) is 7.65. The Bertz CT molecular complexity index is 259. The second-order valence-corrected chi connectivity index (χ2v) is 6.03. The maximum Gasteiger partial charge on any atom is 0.223 e. The van der Waals surface area contributed by atoms with E-state index in [2.05, 4.69) is 24.5 Å². The van der Waals surface area contributed by atoms with Crippen molar-refractivity contribution in [3.05, 3.63) is 0 Å². The van der Waals surface area contributed by atoms with Crippen LogP contribution in [0.4, 0.5) is 0 Å². The maximum atomic E-state index is 12.1. The van der Waals surface area contributed by atoms with E-state index in [1.165, 1.54) is 38.5 Å². The Morgan fingerprint density at radius 3 is 2.44 bits per heavy atom. The first kappa shape index (κ1) is 12.3. The summed E-state index contributed by atoms with van der Waals surface area (Å²) in [6.45, 7) is 3.23. The van der Waals surface area contributed by atoms with Crippen molar-refractivity contribution in [3.8, 4) is 0 Å². The highest BCUT2D eigenvalue weighted by Crippen LogP contribution is 2.36. The largest absolute Gasteiger partial charge is 0.337 e. The summed E-state index contributed by atoms with van der Waals surface area (Å²) in [7, 11) is 0. The molecule has 2 rings (SSSR count). The fraction of sp³-hybridized carbons (Fsp3) is 0.923. The molecule has 0 aromatic carbocycles. The topological polar surface area (TPSA) is 20.3 Å². The Kier molecular flexibility index (Phi) is 3.83. The molecule has 1 aliphatic carbocycles. The lowest BCUT2D eigenvalue weighted by Gasteiger charge is -2.38. The van der Waals surface area contributed by atoms with Crippen LogP contribution in [0.2, 0.25) is 0 Å². The van der Waals surface area contributed by atoms with Crippen molar-refractivity contribution < 1.29 is 4.79 Å². The smallest absolute Gasteiger partial charge is 0.223 e. The van der Waals surface area contributed by atoms with Crippen LogP contribution in [0.1, 0.15) is 51.9 Å². The molecule has 1 saturated carbocycles. The van der Waals surface area contributed by atoms with Gasteiger partial charge in [-0.3, -0.25) is 4.79 Å². The molecule has 3 heteroatoms. The molecule has 2 aliphatic rings. The molecule has 1 aliphatic heterocycles. The summed E-state index contributed by atoms with van der Waals surface area (Å²) in [4.78, 5) is 14.2. The highest BCUT2D eigenvalue weighted by atomic mass is 32.1. The summed E-state index contributed by atoms with van der Waals surface area (Å²) in [5.41, 5.74) is 0.144. The number of rotatable bonds is 2. The highest BCUT2D eigenvalue weighted by Gasteiger charge is 2.40. The lowest BCUT2D eigenvalue weighted by atomic mass is 9.90. The number of carbonyl (C=O) groups excluding carboxylic acids is 1. The summed E-state index contributed by atoms with van der Waals surface area (Å²) in [6, 6.07) is 0. The highest BCUT2D eigenvalue weighted by molar-refractivity contribution is 7.80. The van der Waals surface area contributed by atoms with Crippen LogP contribution in [0.25, 0.3) is 0 Å². The van der Waals surface area contributed by atoms with E-state index in [-0.39, 0.29) is 5.54 Å². The van der Waals surface area contributed by atoms with Crippen LogP contribution in [0, 0.1) is 5.92 Å². The molecule has 0 spiro atoms. The average molecular weight is 241 g/mol. The average Bonchev–Trinajstić information content (AvgIpc) is 2.51. The van der Waals surface area contributed by atoms with E-state index >= 15 is 0 Å². The van der Waals surface area contributed by atoms with Gasteiger partial charge in [-0.2, -0.15) is 12.6 Å². The van der Waals surface area contributed by atoms with Crippen LogP contribution in [0.15, 0.2) is 0 Å². The van der Waals surface area contributed by atoms with Crippen molar-refractivity contribution in [3.63, 3.8) is 0 Å². The summed E-state index contributed by atoms with van der Waals surface area (Å²) in [5.74, 6) is 1.69. The number of hydrogen-bond donors (Lipinski definition) is 1. The molecular weight excluding hydrogens is 218 g/mol.